The zero-order valence-electron chi connectivity index (χ0n) is 17.5. The summed E-state index contributed by atoms with van der Waals surface area (Å²) in [4.78, 5) is 36.2. The highest BCUT2D eigenvalue weighted by Crippen LogP contribution is 2.22. The first kappa shape index (κ1) is 24.5. The molecule has 0 heterocycles. The van der Waals surface area contributed by atoms with E-state index in [1.807, 2.05) is 42.5 Å². The van der Waals surface area contributed by atoms with Gasteiger partial charge in [0.05, 0.1) is 11.7 Å². The van der Waals surface area contributed by atoms with Crippen LogP contribution in [0.2, 0.25) is 0 Å². The van der Waals surface area contributed by atoms with Crippen LogP contribution in [0.25, 0.3) is 10.8 Å². The van der Waals surface area contributed by atoms with Crippen LogP contribution in [0.1, 0.15) is 25.8 Å². The van der Waals surface area contributed by atoms with Crippen molar-refractivity contribution in [2.75, 3.05) is 18.1 Å². The fraction of sp³-hybridized carbons (Fsp3) is 0.409. The maximum absolute atomic E-state index is 13.0. The number of rotatable bonds is 10. The van der Waals surface area contributed by atoms with E-state index in [9.17, 15) is 27.9 Å². The SMILES string of the molecule is CCS(=O)(=O)C[C@@H](Cc1cccc2ccccc12)C(=O)N[C@@H](CCO)C(=O)OC(C)=O. The molecule has 2 atom stereocenters. The second kappa shape index (κ2) is 11.0. The minimum absolute atomic E-state index is 0.126. The Morgan fingerprint density at radius 2 is 1.77 bits per heavy atom. The summed E-state index contributed by atoms with van der Waals surface area (Å²) in [6.07, 6.45) is -0.0284. The second-order valence-electron chi connectivity index (χ2n) is 7.22. The predicted molar refractivity (Wildman–Crippen MR) is 116 cm³/mol. The van der Waals surface area contributed by atoms with Crippen molar-refractivity contribution in [3.63, 3.8) is 0 Å². The van der Waals surface area contributed by atoms with Crippen LogP contribution in [-0.2, 0) is 35.4 Å². The second-order valence-corrected chi connectivity index (χ2v) is 9.62. The number of aliphatic hydroxyl groups excluding tert-OH is 1. The zero-order valence-corrected chi connectivity index (χ0v) is 18.4. The maximum Gasteiger partial charge on any atom is 0.336 e. The first-order chi connectivity index (χ1) is 14.7. The van der Waals surface area contributed by atoms with Gasteiger partial charge in [-0.15, -0.1) is 0 Å². The lowest BCUT2D eigenvalue weighted by atomic mass is 9.95. The molecule has 1 amide bonds. The van der Waals surface area contributed by atoms with E-state index in [1.165, 1.54) is 6.92 Å². The Bertz CT molecular complexity index is 1040. The highest BCUT2D eigenvalue weighted by atomic mass is 32.2. The fourth-order valence-corrected chi connectivity index (χ4v) is 4.39. The summed E-state index contributed by atoms with van der Waals surface area (Å²) in [6.45, 7) is 2.12. The van der Waals surface area contributed by atoms with E-state index in [0.717, 1.165) is 23.3 Å². The van der Waals surface area contributed by atoms with E-state index in [4.69, 9.17) is 0 Å². The number of nitrogens with one attached hydrogen (secondary N) is 1. The molecule has 0 saturated heterocycles. The van der Waals surface area contributed by atoms with Crippen LogP contribution in [0.3, 0.4) is 0 Å². The van der Waals surface area contributed by atoms with Gasteiger partial charge in [-0.1, -0.05) is 49.4 Å². The molecule has 0 unspecified atom stereocenters. The summed E-state index contributed by atoms with van der Waals surface area (Å²) in [7, 11) is -3.50. The molecule has 0 fully saturated rings. The first-order valence-corrected chi connectivity index (χ1v) is 11.8. The Labute approximate surface area is 181 Å². The van der Waals surface area contributed by atoms with Crippen LogP contribution >= 0.6 is 0 Å². The van der Waals surface area contributed by atoms with Crippen molar-refractivity contribution in [2.24, 2.45) is 5.92 Å². The van der Waals surface area contributed by atoms with Gasteiger partial charge >= 0.3 is 11.9 Å². The molecule has 31 heavy (non-hydrogen) atoms. The van der Waals surface area contributed by atoms with Crippen LogP contribution < -0.4 is 5.32 Å². The molecule has 2 aromatic rings. The maximum atomic E-state index is 13.0. The number of benzene rings is 2. The molecule has 0 radical (unpaired) electrons. The third-order valence-corrected chi connectivity index (χ3v) is 6.66. The Hall–Kier alpha value is -2.78. The number of amides is 1. The standard InChI is InChI=1S/C22H27NO7S/c1-3-31(28,29)14-18(13-17-9-6-8-16-7-4-5-10-19(16)17)21(26)23-20(11-12-24)22(27)30-15(2)25/h4-10,18,20,24H,3,11-14H2,1-2H3,(H,23,26)/t18-,20+/m1/s1. The first-order valence-electron chi connectivity index (χ1n) is 9.97. The molecule has 2 N–H and O–H groups in total. The van der Waals surface area contributed by atoms with Crippen molar-refractivity contribution < 1.29 is 32.6 Å². The molecule has 0 aliphatic carbocycles. The summed E-state index contributed by atoms with van der Waals surface area (Å²) in [5.74, 6) is -4.00. The van der Waals surface area contributed by atoms with Gasteiger partial charge in [-0.25, -0.2) is 13.2 Å². The smallest absolute Gasteiger partial charge is 0.336 e. The van der Waals surface area contributed by atoms with Gasteiger partial charge in [0.2, 0.25) is 5.91 Å². The van der Waals surface area contributed by atoms with Gasteiger partial charge < -0.3 is 15.2 Å². The van der Waals surface area contributed by atoms with Gasteiger partial charge in [0.1, 0.15) is 6.04 Å². The number of hydrogen-bond acceptors (Lipinski definition) is 7. The molecule has 2 rings (SSSR count). The molecule has 0 spiro atoms. The topological polar surface area (TPSA) is 127 Å². The lowest BCUT2D eigenvalue weighted by molar-refractivity contribution is -0.160. The summed E-state index contributed by atoms with van der Waals surface area (Å²) in [5.41, 5.74) is 0.801. The molecule has 0 aliphatic rings. The Balaban J connectivity index is 2.32. The van der Waals surface area contributed by atoms with Crippen LogP contribution in [0.5, 0.6) is 0 Å². The zero-order chi connectivity index (χ0) is 23.0. The van der Waals surface area contributed by atoms with E-state index in [-0.39, 0.29) is 18.6 Å². The Morgan fingerprint density at radius 1 is 1.10 bits per heavy atom. The van der Waals surface area contributed by atoms with E-state index in [2.05, 4.69) is 10.1 Å². The Kier molecular flexibility index (Phi) is 8.70. The fourth-order valence-electron chi connectivity index (χ4n) is 3.27. The Morgan fingerprint density at radius 3 is 2.42 bits per heavy atom. The minimum atomic E-state index is -3.50. The molecule has 9 heteroatoms. The van der Waals surface area contributed by atoms with Gasteiger partial charge in [0, 0.05) is 25.7 Å². The molecule has 2 aromatic carbocycles. The summed E-state index contributed by atoms with van der Waals surface area (Å²) >= 11 is 0. The number of hydrogen-bond donors (Lipinski definition) is 2. The quantitative estimate of drug-likeness (QED) is 0.414. The van der Waals surface area contributed by atoms with Crippen LogP contribution in [0.4, 0.5) is 0 Å². The highest BCUT2D eigenvalue weighted by molar-refractivity contribution is 7.91. The number of fused-ring (bicyclic) bond motifs is 1. The van der Waals surface area contributed by atoms with Crippen molar-refractivity contribution in [3.05, 3.63) is 48.0 Å². The van der Waals surface area contributed by atoms with Gasteiger partial charge in [0.25, 0.3) is 0 Å². The predicted octanol–water partition coefficient (Wildman–Crippen LogP) is 1.39. The molecule has 8 nitrogen and oxygen atoms in total. The van der Waals surface area contributed by atoms with E-state index in [1.54, 1.807) is 0 Å². The number of esters is 2. The normalized spacial score (nSPS) is 13.4. The van der Waals surface area contributed by atoms with Crippen LogP contribution in [-0.4, -0.2) is 55.5 Å². The van der Waals surface area contributed by atoms with Crippen molar-refractivity contribution in [1.29, 1.82) is 0 Å². The van der Waals surface area contributed by atoms with E-state index >= 15 is 0 Å². The molecule has 168 valence electrons. The summed E-state index contributed by atoms with van der Waals surface area (Å²) in [6, 6.07) is 11.9. The highest BCUT2D eigenvalue weighted by Gasteiger charge is 2.30. The minimum Gasteiger partial charge on any atom is -0.396 e. The molecular formula is C22H27NO7S. The molecule has 0 saturated carbocycles. The summed E-state index contributed by atoms with van der Waals surface area (Å²) < 4.78 is 29.1. The average molecular weight is 450 g/mol. The summed E-state index contributed by atoms with van der Waals surface area (Å²) in [5, 5.41) is 13.5. The average Bonchev–Trinajstić information content (AvgIpc) is 2.72. The van der Waals surface area contributed by atoms with Crippen molar-refractivity contribution >= 4 is 38.5 Å². The number of carbonyl (C=O) groups is 3. The number of sulfone groups is 1. The lowest BCUT2D eigenvalue weighted by Gasteiger charge is -2.21. The molecule has 0 aliphatic heterocycles. The number of carbonyl (C=O) groups excluding carboxylic acids is 3. The van der Waals surface area contributed by atoms with Crippen LogP contribution in [0, 0.1) is 5.92 Å². The third-order valence-electron chi connectivity index (χ3n) is 4.88. The van der Waals surface area contributed by atoms with Crippen molar-refractivity contribution in [1.82, 2.24) is 5.32 Å². The van der Waals surface area contributed by atoms with Gasteiger partial charge in [0.15, 0.2) is 9.84 Å². The number of ether oxygens (including phenoxy) is 1. The van der Waals surface area contributed by atoms with Gasteiger partial charge in [-0.05, 0) is 22.8 Å². The molecular weight excluding hydrogens is 422 g/mol. The van der Waals surface area contributed by atoms with E-state index in [0.29, 0.717) is 0 Å². The van der Waals surface area contributed by atoms with E-state index < -0.39 is 52.0 Å². The van der Waals surface area contributed by atoms with Gasteiger partial charge in [-0.2, -0.15) is 0 Å². The third kappa shape index (κ3) is 7.15. The molecule has 0 aromatic heterocycles. The largest absolute Gasteiger partial charge is 0.396 e. The lowest BCUT2D eigenvalue weighted by Crippen LogP contribution is -2.47. The van der Waals surface area contributed by atoms with Crippen molar-refractivity contribution in [3.8, 4) is 0 Å². The van der Waals surface area contributed by atoms with Crippen molar-refractivity contribution in [2.45, 2.75) is 32.7 Å². The van der Waals surface area contributed by atoms with Crippen LogP contribution in [0.15, 0.2) is 42.5 Å². The number of aliphatic hydroxyl groups is 1. The molecule has 0 bridgehead atoms. The monoisotopic (exact) mass is 449 g/mol. The van der Waals surface area contributed by atoms with Gasteiger partial charge in [-0.3, -0.25) is 9.59 Å².